The molecule has 3 N–H and O–H groups in total. The number of hydrogen-bond acceptors (Lipinski definition) is 2. The van der Waals surface area contributed by atoms with Crippen molar-refractivity contribution in [3.05, 3.63) is 35.4 Å². The number of hydrogen-bond donors (Lipinski definition) is 2. The maximum atomic E-state index is 5.84. The molecule has 0 saturated heterocycles. The van der Waals surface area contributed by atoms with Crippen LogP contribution in [0.5, 0.6) is 0 Å². The number of aryl methyl sites for hydroxylation is 1. The van der Waals surface area contributed by atoms with E-state index in [-0.39, 0.29) is 0 Å². The SMILES string of the molecule is CCc1ccc(CC(NN)C2CC3CCC2C3)cc1. The van der Waals surface area contributed by atoms with E-state index in [2.05, 4.69) is 36.6 Å². The number of nitrogens with one attached hydrogen (secondary N) is 1. The molecule has 1 aromatic rings. The van der Waals surface area contributed by atoms with E-state index in [4.69, 9.17) is 5.84 Å². The first-order valence-electron chi connectivity index (χ1n) is 7.84. The molecule has 3 rings (SSSR count). The van der Waals surface area contributed by atoms with Crippen LogP contribution in [0.3, 0.4) is 0 Å². The van der Waals surface area contributed by atoms with Crippen LogP contribution in [0.4, 0.5) is 0 Å². The van der Waals surface area contributed by atoms with Gasteiger partial charge in [-0.15, -0.1) is 0 Å². The molecule has 0 heterocycles. The zero-order valence-electron chi connectivity index (χ0n) is 11.9. The Bertz CT molecular complexity index is 412. The molecule has 4 unspecified atom stereocenters. The van der Waals surface area contributed by atoms with Crippen molar-refractivity contribution in [2.24, 2.45) is 23.6 Å². The van der Waals surface area contributed by atoms with Crippen molar-refractivity contribution < 1.29 is 0 Å². The van der Waals surface area contributed by atoms with Gasteiger partial charge in [0, 0.05) is 6.04 Å². The monoisotopic (exact) mass is 258 g/mol. The standard InChI is InChI=1S/C17H26N2/c1-2-12-3-5-13(6-4-12)11-17(19-18)16-10-14-7-8-15(16)9-14/h3-6,14-17,19H,2,7-11,18H2,1H3. The van der Waals surface area contributed by atoms with Crippen LogP contribution in [-0.2, 0) is 12.8 Å². The topological polar surface area (TPSA) is 38.0 Å². The Hall–Kier alpha value is -0.860. The normalized spacial score (nSPS) is 30.7. The molecular weight excluding hydrogens is 232 g/mol. The van der Waals surface area contributed by atoms with Gasteiger partial charge in [-0.1, -0.05) is 37.6 Å². The number of rotatable bonds is 5. The average Bonchev–Trinajstić information content (AvgIpc) is 3.08. The highest BCUT2D eigenvalue weighted by atomic mass is 15.2. The predicted octanol–water partition coefficient (Wildman–Crippen LogP) is 3.06. The number of fused-ring (bicyclic) bond motifs is 2. The maximum absolute atomic E-state index is 5.84. The van der Waals surface area contributed by atoms with Crippen molar-refractivity contribution in [3.63, 3.8) is 0 Å². The van der Waals surface area contributed by atoms with Crippen molar-refractivity contribution in [3.8, 4) is 0 Å². The molecule has 2 saturated carbocycles. The van der Waals surface area contributed by atoms with Crippen LogP contribution in [0, 0.1) is 17.8 Å². The minimum atomic E-state index is 0.461. The van der Waals surface area contributed by atoms with Gasteiger partial charge in [-0.05, 0) is 61.0 Å². The van der Waals surface area contributed by atoms with Gasteiger partial charge >= 0.3 is 0 Å². The van der Waals surface area contributed by atoms with E-state index in [1.807, 2.05) is 0 Å². The molecule has 0 aromatic heterocycles. The Balaban J connectivity index is 1.65. The molecule has 19 heavy (non-hydrogen) atoms. The molecule has 0 radical (unpaired) electrons. The first kappa shape index (κ1) is 13.1. The Morgan fingerprint density at radius 1 is 1.16 bits per heavy atom. The molecular formula is C17H26N2. The summed E-state index contributed by atoms with van der Waals surface area (Å²) in [6.45, 7) is 2.20. The summed E-state index contributed by atoms with van der Waals surface area (Å²) < 4.78 is 0. The summed E-state index contributed by atoms with van der Waals surface area (Å²) in [5, 5.41) is 0. The van der Waals surface area contributed by atoms with Crippen LogP contribution < -0.4 is 11.3 Å². The van der Waals surface area contributed by atoms with E-state index in [0.29, 0.717) is 6.04 Å². The van der Waals surface area contributed by atoms with E-state index in [1.54, 1.807) is 0 Å². The highest BCUT2D eigenvalue weighted by molar-refractivity contribution is 5.23. The fraction of sp³-hybridized carbons (Fsp3) is 0.647. The van der Waals surface area contributed by atoms with Crippen molar-refractivity contribution in [2.75, 3.05) is 0 Å². The summed E-state index contributed by atoms with van der Waals surface area (Å²) in [7, 11) is 0. The largest absolute Gasteiger partial charge is 0.271 e. The van der Waals surface area contributed by atoms with E-state index >= 15 is 0 Å². The third kappa shape index (κ3) is 2.70. The van der Waals surface area contributed by atoms with Gasteiger partial charge in [0.2, 0.25) is 0 Å². The van der Waals surface area contributed by atoms with E-state index in [0.717, 1.165) is 30.6 Å². The summed E-state index contributed by atoms with van der Waals surface area (Å²) in [4.78, 5) is 0. The second-order valence-corrected chi connectivity index (χ2v) is 6.49. The quantitative estimate of drug-likeness (QED) is 0.629. The zero-order valence-corrected chi connectivity index (χ0v) is 11.9. The van der Waals surface area contributed by atoms with Gasteiger partial charge in [-0.25, -0.2) is 0 Å². The van der Waals surface area contributed by atoms with Crippen LogP contribution in [0.25, 0.3) is 0 Å². The van der Waals surface area contributed by atoms with Crippen LogP contribution in [-0.4, -0.2) is 6.04 Å². The smallest absolute Gasteiger partial charge is 0.0281 e. The Morgan fingerprint density at radius 3 is 2.42 bits per heavy atom. The van der Waals surface area contributed by atoms with Crippen LogP contribution in [0.15, 0.2) is 24.3 Å². The minimum Gasteiger partial charge on any atom is -0.271 e. The minimum absolute atomic E-state index is 0.461. The summed E-state index contributed by atoms with van der Waals surface area (Å²) in [6.07, 6.45) is 7.94. The van der Waals surface area contributed by atoms with Crippen LogP contribution in [0.2, 0.25) is 0 Å². The van der Waals surface area contributed by atoms with Crippen LogP contribution in [0.1, 0.15) is 43.7 Å². The predicted molar refractivity (Wildman–Crippen MR) is 79.6 cm³/mol. The van der Waals surface area contributed by atoms with E-state index < -0.39 is 0 Å². The molecule has 0 amide bonds. The first-order chi connectivity index (χ1) is 9.30. The lowest BCUT2D eigenvalue weighted by atomic mass is 9.81. The molecule has 2 nitrogen and oxygen atoms in total. The average molecular weight is 258 g/mol. The van der Waals surface area contributed by atoms with Crippen molar-refractivity contribution in [2.45, 2.75) is 51.5 Å². The fourth-order valence-electron chi connectivity index (χ4n) is 4.29. The molecule has 4 atom stereocenters. The lowest BCUT2D eigenvalue weighted by Gasteiger charge is -2.30. The molecule has 104 valence electrons. The summed E-state index contributed by atoms with van der Waals surface area (Å²) in [6, 6.07) is 9.52. The Morgan fingerprint density at radius 2 is 1.89 bits per heavy atom. The lowest BCUT2D eigenvalue weighted by Crippen LogP contribution is -2.44. The van der Waals surface area contributed by atoms with Gasteiger partial charge in [0.1, 0.15) is 0 Å². The van der Waals surface area contributed by atoms with E-state index in [1.165, 1.54) is 36.8 Å². The summed E-state index contributed by atoms with van der Waals surface area (Å²) in [5.74, 6) is 8.56. The van der Waals surface area contributed by atoms with Crippen LogP contribution >= 0.6 is 0 Å². The van der Waals surface area contributed by atoms with Gasteiger partial charge in [0.15, 0.2) is 0 Å². The highest BCUT2D eigenvalue weighted by Crippen LogP contribution is 2.49. The Kier molecular flexibility index (Phi) is 3.90. The molecule has 0 aliphatic heterocycles. The molecule has 2 aliphatic carbocycles. The number of hydrazine groups is 1. The van der Waals surface area contributed by atoms with Crippen molar-refractivity contribution in [1.82, 2.24) is 5.43 Å². The second-order valence-electron chi connectivity index (χ2n) is 6.49. The second kappa shape index (κ2) is 5.64. The number of benzene rings is 1. The van der Waals surface area contributed by atoms with Crippen molar-refractivity contribution >= 4 is 0 Å². The lowest BCUT2D eigenvalue weighted by molar-refractivity contribution is 0.248. The van der Waals surface area contributed by atoms with Gasteiger partial charge < -0.3 is 0 Å². The molecule has 2 bridgehead atoms. The fourth-order valence-corrected chi connectivity index (χ4v) is 4.29. The third-order valence-corrected chi connectivity index (χ3v) is 5.41. The zero-order chi connectivity index (χ0) is 13.2. The first-order valence-corrected chi connectivity index (χ1v) is 7.84. The van der Waals surface area contributed by atoms with Gasteiger partial charge in [0.05, 0.1) is 0 Å². The maximum Gasteiger partial charge on any atom is 0.0281 e. The van der Waals surface area contributed by atoms with Gasteiger partial charge in [-0.2, -0.15) is 0 Å². The van der Waals surface area contributed by atoms with Gasteiger partial charge in [0.25, 0.3) is 0 Å². The highest BCUT2D eigenvalue weighted by Gasteiger charge is 2.42. The molecule has 1 aromatic carbocycles. The Labute approximate surface area is 116 Å². The molecule has 2 fully saturated rings. The van der Waals surface area contributed by atoms with E-state index in [9.17, 15) is 0 Å². The molecule has 2 aliphatic rings. The molecule has 0 spiro atoms. The summed E-state index contributed by atoms with van der Waals surface area (Å²) >= 11 is 0. The third-order valence-electron chi connectivity index (χ3n) is 5.41. The summed E-state index contributed by atoms with van der Waals surface area (Å²) in [5.41, 5.74) is 5.94. The number of nitrogens with two attached hydrogens (primary N) is 1. The van der Waals surface area contributed by atoms with Gasteiger partial charge in [-0.3, -0.25) is 11.3 Å². The molecule has 2 heteroatoms. The van der Waals surface area contributed by atoms with Crippen molar-refractivity contribution in [1.29, 1.82) is 0 Å².